The van der Waals surface area contributed by atoms with E-state index in [4.69, 9.17) is 5.73 Å². The predicted octanol–water partition coefficient (Wildman–Crippen LogP) is 0.390. The molecule has 0 saturated carbocycles. The van der Waals surface area contributed by atoms with Crippen molar-refractivity contribution >= 4 is 34.1 Å². The Labute approximate surface area is 122 Å². The normalized spacial score (nSPS) is 10.2. The molecule has 3 N–H and O–H groups in total. The number of anilines is 2. The highest BCUT2D eigenvalue weighted by Crippen LogP contribution is 2.28. The van der Waals surface area contributed by atoms with Gasteiger partial charge in [-0.05, 0) is 13.8 Å². The zero-order valence-corrected chi connectivity index (χ0v) is 13.1. The number of aromatic nitrogens is 1. The van der Waals surface area contributed by atoms with Crippen LogP contribution in [0.1, 0.15) is 23.5 Å². The number of nitrogen functional groups attached to an aromatic ring is 1. The molecule has 20 heavy (non-hydrogen) atoms. The van der Waals surface area contributed by atoms with Crippen LogP contribution in [0.15, 0.2) is 0 Å². The van der Waals surface area contributed by atoms with E-state index < -0.39 is 0 Å². The van der Waals surface area contributed by atoms with Gasteiger partial charge in [0.15, 0.2) is 5.13 Å². The van der Waals surface area contributed by atoms with Crippen LogP contribution in [0.5, 0.6) is 0 Å². The lowest BCUT2D eigenvalue weighted by atomic mass is 10.4. The number of carbonyl (C=O) groups excluding carboxylic acids is 2. The van der Waals surface area contributed by atoms with Crippen molar-refractivity contribution < 1.29 is 9.59 Å². The van der Waals surface area contributed by atoms with Gasteiger partial charge in [-0.25, -0.2) is 4.98 Å². The fourth-order valence-electron chi connectivity index (χ4n) is 1.49. The summed E-state index contributed by atoms with van der Waals surface area (Å²) < 4.78 is 0. The van der Waals surface area contributed by atoms with Crippen LogP contribution in [0.2, 0.25) is 0 Å². The van der Waals surface area contributed by atoms with E-state index in [2.05, 4.69) is 10.3 Å². The molecule has 0 unspecified atom stereocenters. The number of carbonyl (C=O) groups is 2. The van der Waals surface area contributed by atoms with Crippen molar-refractivity contribution in [3.8, 4) is 0 Å². The molecule has 7 nitrogen and oxygen atoms in total. The molecule has 112 valence electrons. The van der Waals surface area contributed by atoms with E-state index >= 15 is 0 Å². The van der Waals surface area contributed by atoms with Gasteiger partial charge in [0, 0.05) is 27.2 Å². The van der Waals surface area contributed by atoms with Crippen LogP contribution in [0.25, 0.3) is 0 Å². The van der Waals surface area contributed by atoms with Crippen molar-refractivity contribution in [3.05, 3.63) is 4.88 Å². The molecule has 0 aromatic carbocycles. The number of hydrogen-bond acceptors (Lipinski definition) is 6. The molecular weight excluding hydrogens is 278 g/mol. The van der Waals surface area contributed by atoms with Gasteiger partial charge in [0.25, 0.3) is 5.91 Å². The van der Waals surface area contributed by atoms with Gasteiger partial charge in [-0.3, -0.25) is 9.59 Å². The zero-order chi connectivity index (χ0) is 15.3. The second-order valence-electron chi connectivity index (χ2n) is 4.34. The molecule has 0 bridgehead atoms. The van der Waals surface area contributed by atoms with Crippen molar-refractivity contribution in [1.29, 1.82) is 0 Å². The van der Waals surface area contributed by atoms with Crippen LogP contribution in [0.3, 0.4) is 0 Å². The number of likely N-dealkylation sites (N-methyl/N-ethyl adjacent to an activating group) is 2. The van der Waals surface area contributed by atoms with Crippen molar-refractivity contribution in [3.63, 3.8) is 0 Å². The molecule has 0 atom stereocenters. The summed E-state index contributed by atoms with van der Waals surface area (Å²) in [6.07, 6.45) is 0. The average molecular weight is 299 g/mol. The number of thiazole rings is 1. The Morgan fingerprint density at radius 2 is 2.00 bits per heavy atom. The molecule has 0 aliphatic heterocycles. The summed E-state index contributed by atoms with van der Waals surface area (Å²) in [5, 5.41) is 3.34. The van der Waals surface area contributed by atoms with Gasteiger partial charge in [-0.2, -0.15) is 0 Å². The summed E-state index contributed by atoms with van der Waals surface area (Å²) in [6, 6.07) is 0. The highest BCUT2D eigenvalue weighted by Gasteiger charge is 2.22. The van der Waals surface area contributed by atoms with Gasteiger partial charge >= 0.3 is 0 Å². The molecule has 0 saturated heterocycles. The third-order valence-corrected chi connectivity index (χ3v) is 3.91. The number of nitrogens with one attached hydrogen (secondary N) is 1. The van der Waals surface area contributed by atoms with Crippen molar-refractivity contribution in [1.82, 2.24) is 15.2 Å². The van der Waals surface area contributed by atoms with E-state index in [1.54, 1.807) is 7.05 Å². The maximum Gasteiger partial charge on any atom is 0.268 e. The molecule has 1 rings (SSSR count). The first-order valence-electron chi connectivity index (χ1n) is 6.40. The highest BCUT2D eigenvalue weighted by atomic mass is 32.1. The molecule has 8 heteroatoms. The lowest BCUT2D eigenvalue weighted by molar-refractivity contribution is -0.121. The van der Waals surface area contributed by atoms with E-state index in [9.17, 15) is 9.59 Å². The van der Waals surface area contributed by atoms with Crippen LogP contribution in [-0.2, 0) is 4.79 Å². The zero-order valence-electron chi connectivity index (χ0n) is 12.3. The fraction of sp³-hybridized carbons (Fsp3) is 0.583. The number of rotatable bonds is 6. The largest absolute Gasteiger partial charge is 0.382 e. The average Bonchev–Trinajstić information content (AvgIpc) is 2.79. The minimum Gasteiger partial charge on any atom is -0.382 e. The van der Waals surface area contributed by atoms with E-state index in [1.807, 2.05) is 25.8 Å². The third-order valence-electron chi connectivity index (χ3n) is 2.74. The minimum absolute atomic E-state index is 0.00294. The molecule has 1 aromatic rings. The molecular formula is C12H21N5O2S. The second-order valence-corrected chi connectivity index (χ2v) is 5.32. The van der Waals surface area contributed by atoms with Gasteiger partial charge in [0.05, 0.1) is 6.54 Å². The third kappa shape index (κ3) is 3.83. The molecule has 0 aliphatic rings. The Morgan fingerprint density at radius 3 is 2.55 bits per heavy atom. The summed E-state index contributed by atoms with van der Waals surface area (Å²) in [5.74, 6) is -0.280. The maximum absolute atomic E-state index is 12.2. The maximum atomic E-state index is 12.2. The summed E-state index contributed by atoms with van der Waals surface area (Å²) in [5.41, 5.74) is 5.79. The first-order valence-corrected chi connectivity index (χ1v) is 7.21. The number of amides is 2. The number of nitrogens with two attached hydrogens (primary N) is 1. The molecule has 0 aliphatic carbocycles. The van der Waals surface area contributed by atoms with Gasteiger partial charge in [-0.1, -0.05) is 11.3 Å². The Kier molecular flexibility index (Phi) is 5.75. The predicted molar refractivity (Wildman–Crippen MR) is 81.1 cm³/mol. The van der Waals surface area contributed by atoms with Crippen LogP contribution >= 0.6 is 11.3 Å². The lowest BCUT2D eigenvalue weighted by Gasteiger charge is -2.15. The second kappa shape index (κ2) is 7.09. The Morgan fingerprint density at radius 1 is 1.35 bits per heavy atom. The monoisotopic (exact) mass is 299 g/mol. The van der Waals surface area contributed by atoms with Gasteiger partial charge in [-0.15, -0.1) is 0 Å². The van der Waals surface area contributed by atoms with Crippen LogP contribution < -0.4 is 16.0 Å². The Balaban J connectivity index is 2.81. The van der Waals surface area contributed by atoms with Crippen LogP contribution in [0, 0.1) is 0 Å². The Bertz CT molecular complexity index is 488. The minimum atomic E-state index is -0.290. The van der Waals surface area contributed by atoms with Crippen LogP contribution in [0.4, 0.5) is 10.9 Å². The molecule has 0 fully saturated rings. The highest BCUT2D eigenvalue weighted by molar-refractivity contribution is 7.18. The quantitative estimate of drug-likeness (QED) is 0.793. The van der Waals surface area contributed by atoms with Crippen LogP contribution in [-0.4, -0.2) is 55.4 Å². The van der Waals surface area contributed by atoms with Crippen molar-refractivity contribution in [2.45, 2.75) is 13.8 Å². The van der Waals surface area contributed by atoms with E-state index in [0.29, 0.717) is 16.6 Å². The number of nitrogens with zero attached hydrogens (tertiary/aromatic N) is 3. The first-order chi connectivity index (χ1) is 9.40. The molecule has 1 aromatic heterocycles. The molecule has 2 amide bonds. The Hall–Kier alpha value is -1.83. The SMILES string of the molecule is CCNC(=O)CN(C)C(=O)c1sc(N(C)CC)nc1N. The summed E-state index contributed by atoms with van der Waals surface area (Å²) in [4.78, 5) is 31.5. The van der Waals surface area contributed by atoms with Gasteiger partial charge < -0.3 is 20.9 Å². The number of hydrogen-bond donors (Lipinski definition) is 2. The van der Waals surface area contributed by atoms with Gasteiger partial charge in [0.2, 0.25) is 5.91 Å². The van der Waals surface area contributed by atoms with E-state index in [0.717, 1.165) is 6.54 Å². The summed E-state index contributed by atoms with van der Waals surface area (Å²) in [7, 11) is 3.45. The standard InChI is InChI=1S/C12H21N5O2S/c1-5-14-8(18)7-17(4)11(19)9-10(13)15-12(20-9)16(3)6-2/h5-7,13H2,1-4H3,(H,14,18). The summed E-state index contributed by atoms with van der Waals surface area (Å²) >= 11 is 1.24. The van der Waals surface area contributed by atoms with Crippen molar-refractivity contribution in [2.24, 2.45) is 0 Å². The smallest absolute Gasteiger partial charge is 0.268 e. The van der Waals surface area contributed by atoms with E-state index in [1.165, 1.54) is 16.2 Å². The topological polar surface area (TPSA) is 91.6 Å². The fourth-order valence-corrected chi connectivity index (χ4v) is 2.49. The lowest BCUT2D eigenvalue weighted by Crippen LogP contribution is -2.38. The molecule has 0 spiro atoms. The summed E-state index contributed by atoms with van der Waals surface area (Å²) in [6.45, 7) is 5.13. The first kappa shape index (κ1) is 16.2. The molecule has 1 heterocycles. The van der Waals surface area contributed by atoms with Crippen molar-refractivity contribution in [2.75, 3.05) is 44.4 Å². The molecule has 0 radical (unpaired) electrons. The van der Waals surface area contributed by atoms with E-state index in [-0.39, 0.29) is 24.2 Å². The van der Waals surface area contributed by atoms with Gasteiger partial charge in [0.1, 0.15) is 10.7 Å².